The van der Waals surface area contributed by atoms with Gasteiger partial charge in [0.1, 0.15) is 17.9 Å². The Morgan fingerprint density at radius 1 is 0.763 bits per heavy atom. The highest BCUT2D eigenvalue weighted by Crippen LogP contribution is 2.47. The summed E-state index contributed by atoms with van der Waals surface area (Å²) in [6.07, 6.45) is 11.3. The molecule has 0 aromatic rings. The number of hydrogen-bond acceptors (Lipinski definition) is 7. The van der Waals surface area contributed by atoms with E-state index >= 15 is 0 Å². The van der Waals surface area contributed by atoms with Crippen LogP contribution in [-0.2, 0) is 18.9 Å². The van der Waals surface area contributed by atoms with Gasteiger partial charge < -0.3 is 42.3 Å². The molecule has 222 valence electrons. The van der Waals surface area contributed by atoms with E-state index in [2.05, 4.69) is 16.0 Å². The molecule has 1 rings (SSSR count). The summed E-state index contributed by atoms with van der Waals surface area (Å²) in [5.74, 6) is -3.46. The second kappa shape index (κ2) is 19.5. The largest absolute Gasteiger partial charge is 0.394 e. The summed E-state index contributed by atoms with van der Waals surface area (Å²) < 4.78 is 12.1. The fraction of sp³-hybridized carbons (Fsp3) is 0.880. The van der Waals surface area contributed by atoms with E-state index < -0.39 is 43.9 Å². The molecule has 1 saturated carbocycles. The van der Waals surface area contributed by atoms with Gasteiger partial charge in [-0.15, -0.1) is 0 Å². The van der Waals surface area contributed by atoms with Crippen molar-refractivity contribution in [3.8, 4) is 0 Å². The first-order valence-corrected chi connectivity index (χ1v) is 15.8. The number of carbonyl (C=O) groups excluding carboxylic acids is 3. The van der Waals surface area contributed by atoms with Crippen LogP contribution in [0, 0.1) is 5.92 Å². The molecule has 0 unspecified atom stereocenters. The number of unbranched alkanes of at least 4 members (excludes halogenated alkanes) is 7. The van der Waals surface area contributed by atoms with Crippen molar-refractivity contribution in [3.63, 3.8) is 0 Å². The molecule has 0 spiro atoms. The molecule has 1 fully saturated rings. The maximum absolute atomic E-state index is 13.0. The Balaban J connectivity index is 2.65. The highest BCUT2D eigenvalue weighted by Gasteiger charge is 2.40. The summed E-state index contributed by atoms with van der Waals surface area (Å²) >= 11 is 0. The Hall–Kier alpha value is -1.56. The van der Waals surface area contributed by atoms with Crippen LogP contribution < -0.4 is 27.4 Å². The number of carbonyl (C=O) groups is 3. The molecule has 0 radical (unpaired) electrons. The summed E-state index contributed by atoms with van der Waals surface area (Å²) in [5, 5.41) is 17.3. The first-order chi connectivity index (χ1) is 18.1. The topological polar surface area (TPSA) is 217 Å². The number of aliphatic hydroxyl groups excluding tert-OH is 1. The Morgan fingerprint density at radius 3 is 1.84 bits per heavy atom. The van der Waals surface area contributed by atoms with Crippen LogP contribution in [0.25, 0.3) is 0 Å². The predicted octanol–water partition coefficient (Wildman–Crippen LogP) is 0.967. The zero-order valence-electron chi connectivity index (χ0n) is 22.6. The van der Waals surface area contributed by atoms with Crippen LogP contribution in [0.4, 0.5) is 0 Å². The molecule has 3 atom stereocenters. The molecule has 3 amide bonds. The standard InChI is InChI=1S/C25H50N5O7P/c26-16-10-5-3-1-2-4-6-15-22(32)28-21(18-31)24(34)29-20(14-9-11-17-27)23(33)30-25(38(35,36)37)19-12-7-8-13-19/h19-21,25,31H,1-18,26-27H2,(H,28,32)(H,29,34)(H,30,33)(H2,35,36,37)/t20-,21-,25+/m0/s1. The number of nitrogens with two attached hydrogens (primary N) is 2. The number of rotatable bonds is 21. The number of aliphatic hydroxyl groups is 1. The lowest BCUT2D eigenvalue weighted by Gasteiger charge is -2.28. The smallest absolute Gasteiger partial charge is 0.347 e. The van der Waals surface area contributed by atoms with Crippen LogP contribution in [0.3, 0.4) is 0 Å². The van der Waals surface area contributed by atoms with Gasteiger partial charge in [0.05, 0.1) is 6.61 Å². The lowest BCUT2D eigenvalue weighted by molar-refractivity contribution is -0.133. The summed E-state index contributed by atoms with van der Waals surface area (Å²) in [6, 6.07) is -2.33. The highest BCUT2D eigenvalue weighted by atomic mass is 31.2. The van der Waals surface area contributed by atoms with E-state index in [1.165, 1.54) is 0 Å². The zero-order chi connectivity index (χ0) is 28.4. The van der Waals surface area contributed by atoms with Crippen molar-refractivity contribution in [2.45, 2.75) is 114 Å². The first-order valence-electron chi connectivity index (χ1n) is 14.1. The minimum atomic E-state index is -4.62. The molecule has 0 saturated heterocycles. The molecular formula is C25H50N5O7P. The van der Waals surface area contributed by atoms with Crippen LogP contribution in [0.5, 0.6) is 0 Å². The normalized spacial score (nSPS) is 16.6. The fourth-order valence-electron chi connectivity index (χ4n) is 4.80. The summed E-state index contributed by atoms with van der Waals surface area (Å²) in [5.41, 5.74) is 11.0. The molecule has 10 N–H and O–H groups in total. The molecule has 12 nitrogen and oxygen atoms in total. The van der Waals surface area contributed by atoms with E-state index in [1.54, 1.807) is 0 Å². The lowest BCUT2D eigenvalue weighted by atomic mass is 10.1. The van der Waals surface area contributed by atoms with Gasteiger partial charge in [0, 0.05) is 6.42 Å². The maximum Gasteiger partial charge on any atom is 0.347 e. The maximum atomic E-state index is 13.0. The van der Waals surface area contributed by atoms with Gasteiger partial charge >= 0.3 is 7.60 Å². The molecule has 13 heteroatoms. The molecule has 0 aromatic carbocycles. The van der Waals surface area contributed by atoms with E-state index in [4.69, 9.17) is 11.5 Å². The van der Waals surface area contributed by atoms with Crippen LogP contribution in [0.1, 0.15) is 96.3 Å². The number of hydrogen-bond donors (Lipinski definition) is 8. The summed E-state index contributed by atoms with van der Waals surface area (Å²) in [4.78, 5) is 57.9. The van der Waals surface area contributed by atoms with Crippen molar-refractivity contribution >= 4 is 25.3 Å². The van der Waals surface area contributed by atoms with E-state index in [0.717, 1.165) is 51.4 Å². The molecule has 38 heavy (non-hydrogen) atoms. The second-order valence-corrected chi connectivity index (χ2v) is 12.0. The van der Waals surface area contributed by atoms with Crippen LogP contribution in [0.15, 0.2) is 0 Å². The predicted molar refractivity (Wildman–Crippen MR) is 146 cm³/mol. The SMILES string of the molecule is NCCCCCCCCCC(=O)N[C@@H](CO)C(=O)N[C@@H](CCCCN)C(=O)N[C@@H](C1CCCC1)P(=O)(O)O. The lowest BCUT2D eigenvalue weighted by Crippen LogP contribution is -2.56. The zero-order valence-corrected chi connectivity index (χ0v) is 23.5. The van der Waals surface area contributed by atoms with E-state index in [0.29, 0.717) is 45.2 Å². The average molecular weight is 564 g/mol. The molecule has 0 bridgehead atoms. The Morgan fingerprint density at radius 2 is 1.29 bits per heavy atom. The van der Waals surface area contributed by atoms with Gasteiger partial charge in [-0.25, -0.2) is 0 Å². The summed E-state index contributed by atoms with van der Waals surface area (Å²) in [7, 11) is -4.62. The first kappa shape index (κ1) is 34.5. The quantitative estimate of drug-likeness (QED) is 0.0736. The number of amides is 3. The van der Waals surface area contributed by atoms with Gasteiger partial charge in [-0.05, 0) is 64.0 Å². The van der Waals surface area contributed by atoms with Crippen molar-refractivity contribution in [2.24, 2.45) is 17.4 Å². The Kier molecular flexibility index (Phi) is 17.7. The average Bonchev–Trinajstić information content (AvgIpc) is 3.40. The van der Waals surface area contributed by atoms with Crippen molar-refractivity contribution in [3.05, 3.63) is 0 Å². The highest BCUT2D eigenvalue weighted by molar-refractivity contribution is 7.52. The van der Waals surface area contributed by atoms with Gasteiger partial charge in [-0.3, -0.25) is 18.9 Å². The third kappa shape index (κ3) is 14.0. The third-order valence-electron chi connectivity index (χ3n) is 7.02. The minimum Gasteiger partial charge on any atom is -0.394 e. The third-order valence-corrected chi connectivity index (χ3v) is 8.30. The molecule has 0 aliphatic heterocycles. The molecule has 0 aromatic heterocycles. The van der Waals surface area contributed by atoms with Crippen LogP contribution in [0.2, 0.25) is 0 Å². The minimum absolute atomic E-state index is 0.199. The van der Waals surface area contributed by atoms with Crippen LogP contribution >= 0.6 is 7.60 Å². The van der Waals surface area contributed by atoms with E-state index in [-0.39, 0.29) is 24.7 Å². The second-order valence-electron chi connectivity index (χ2n) is 10.2. The van der Waals surface area contributed by atoms with Crippen molar-refractivity contribution < 1.29 is 33.8 Å². The van der Waals surface area contributed by atoms with E-state index in [9.17, 15) is 33.8 Å². The van der Waals surface area contributed by atoms with Crippen molar-refractivity contribution in [1.29, 1.82) is 0 Å². The van der Waals surface area contributed by atoms with Gasteiger partial charge in [0.2, 0.25) is 17.7 Å². The van der Waals surface area contributed by atoms with Gasteiger partial charge in [0.15, 0.2) is 0 Å². The van der Waals surface area contributed by atoms with Gasteiger partial charge in [0.25, 0.3) is 0 Å². The molecule has 0 heterocycles. The molecular weight excluding hydrogens is 513 g/mol. The van der Waals surface area contributed by atoms with Crippen molar-refractivity contribution in [2.75, 3.05) is 19.7 Å². The van der Waals surface area contributed by atoms with E-state index in [1.807, 2.05) is 0 Å². The van der Waals surface area contributed by atoms with Gasteiger partial charge in [-0.2, -0.15) is 0 Å². The Labute approximate surface area is 226 Å². The van der Waals surface area contributed by atoms with Crippen LogP contribution in [-0.4, -0.2) is 70.2 Å². The number of nitrogens with one attached hydrogen (secondary N) is 3. The monoisotopic (exact) mass is 563 g/mol. The van der Waals surface area contributed by atoms with Gasteiger partial charge in [-0.1, -0.05) is 44.9 Å². The molecule has 1 aliphatic carbocycles. The van der Waals surface area contributed by atoms with Crippen molar-refractivity contribution in [1.82, 2.24) is 16.0 Å². The fourth-order valence-corrected chi connectivity index (χ4v) is 5.95. The Bertz CT molecular complexity index is 746. The summed E-state index contributed by atoms with van der Waals surface area (Å²) in [6.45, 7) is 0.439. The molecule has 1 aliphatic rings.